The number of guanidine groups is 1. The first-order valence-corrected chi connectivity index (χ1v) is 5.70. The normalized spacial score (nSPS) is 20.0. The maximum absolute atomic E-state index is 7.78. The lowest BCUT2D eigenvalue weighted by atomic mass is 10.1. The lowest BCUT2D eigenvalue weighted by Crippen LogP contribution is -2.54. The summed E-state index contributed by atoms with van der Waals surface area (Å²) in [5, 5.41) is 7.78. The fraction of sp³-hybridized carbons (Fsp3) is 0.818. The molecule has 1 fully saturated rings. The van der Waals surface area contributed by atoms with Crippen molar-refractivity contribution < 1.29 is 0 Å². The second kappa shape index (κ2) is 4.82. The molecule has 5 nitrogen and oxygen atoms in total. The van der Waals surface area contributed by atoms with Gasteiger partial charge in [0.2, 0.25) is 5.96 Å². The standard InChI is InChI=1S/C11H23N5/c1-9(12)14-10(13)15-5-7-16(8-6-15)11(2,3)4/h5-8H2,1-4H3,(H3,12,13,14). The number of nitrogens with zero attached hydrogens (tertiary/aromatic N) is 3. The smallest absolute Gasteiger partial charge is 0.219 e. The van der Waals surface area contributed by atoms with Crippen LogP contribution in [-0.2, 0) is 0 Å². The molecule has 0 aromatic rings. The first-order chi connectivity index (χ1) is 7.30. The molecule has 1 aliphatic rings. The largest absolute Gasteiger partial charge is 0.387 e. The van der Waals surface area contributed by atoms with E-state index in [-0.39, 0.29) is 11.5 Å². The van der Waals surface area contributed by atoms with Crippen LogP contribution in [0.25, 0.3) is 0 Å². The van der Waals surface area contributed by atoms with Crippen LogP contribution >= 0.6 is 0 Å². The first-order valence-electron chi connectivity index (χ1n) is 5.70. The Labute approximate surface area is 97.8 Å². The van der Waals surface area contributed by atoms with E-state index in [9.17, 15) is 0 Å². The van der Waals surface area contributed by atoms with Crippen molar-refractivity contribution in [2.45, 2.75) is 33.2 Å². The molecular weight excluding hydrogens is 202 g/mol. The van der Waals surface area contributed by atoms with Crippen molar-refractivity contribution in [2.75, 3.05) is 26.2 Å². The molecule has 1 saturated heterocycles. The van der Waals surface area contributed by atoms with Crippen molar-refractivity contribution >= 4 is 11.8 Å². The van der Waals surface area contributed by atoms with Crippen LogP contribution in [0.2, 0.25) is 0 Å². The SMILES string of the molecule is CC(N)=NC(=N)N1CCN(C(C)(C)C)CC1. The molecule has 16 heavy (non-hydrogen) atoms. The van der Waals surface area contributed by atoms with Gasteiger partial charge in [-0.3, -0.25) is 10.3 Å². The molecule has 0 saturated carbocycles. The summed E-state index contributed by atoms with van der Waals surface area (Å²) in [5.41, 5.74) is 5.68. The number of hydrogen-bond donors (Lipinski definition) is 2. The molecule has 0 bridgehead atoms. The van der Waals surface area contributed by atoms with Gasteiger partial charge < -0.3 is 10.6 Å². The second-order valence-electron chi connectivity index (χ2n) is 5.22. The molecule has 3 N–H and O–H groups in total. The average Bonchev–Trinajstić information content (AvgIpc) is 2.15. The molecule has 0 aromatic carbocycles. The second-order valence-corrected chi connectivity index (χ2v) is 5.22. The van der Waals surface area contributed by atoms with Gasteiger partial charge in [-0.15, -0.1) is 0 Å². The fourth-order valence-corrected chi connectivity index (χ4v) is 1.83. The Kier molecular flexibility index (Phi) is 3.91. The molecule has 5 heteroatoms. The topological polar surface area (TPSA) is 68.7 Å². The van der Waals surface area contributed by atoms with Gasteiger partial charge in [0.25, 0.3) is 0 Å². The van der Waals surface area contributed by atoms with E-state index < -0.39 is 0 Å². The molecule has 0 unspecified atom stereocenters. The van der Waals surface area contributed by atoms with E-state index in [1.165, 1.54) is 0 Å². The van der Waals surface area contributed by atoms with Crippen molar-refractivity contribution in [1.29, 1.82) is 5.41 Å². The summed E-state index contributed by atoms with van der Waals surface area (Å²) in [6.45, 7) is 12.0. The molecule has 0 aromatic heterocycles. The lowest BCUT2D eigenvalue weighted by molar-refractivity contribution is 0.0876. The summed E-state index contributed by atoms with van der Waals surface area (Å²) in [6.07, 6.45) is 0. The summed E-state index contributed by atoms with van der Waals surface area (Å²) in [5.74, 6) is 0.733. The average molecular weight is 225 g/mol. The Balaban J connectivity index is 2.50. The van der Waals surface area contributed by atoms with Gasteiger partial charge >= 0.3 is 0 Å². The van der Waals surface area contributed by atoms with E-state index in [0.29, 0.717) is 5.84 Å². The molecule has 0 amide bonds. The number of amidine groups is 1. The van der Waals surface area contributed by atoms with Crippen LogP contribution in [0.4, 0.5) is 0 Å². The Morgan fingerprint density at radius 1 is 1.19 bits per heavy atom. The van der Waals surface area contributed by atoms with Crippen molar-refractivity contribution in [3.63, 3.8) is 0 Å². The number of nitrogens with two attached hydrogens (primary N) is 1. The summed E-state index contributed by atoms with van der Waals surface area (Å²) < 4.78 is 0. The molecule has 0 aliphatic carbocycles. The van der Waals surface area contributed by atoms with Gasteiger partial charge in [0.1, 0.15) is 0 Å². The predicted octanol–water partition coefficient (Wildman–Crippen LogP) is 0.714. The number of piperazine rings is 1. The summed E-state index contributed by atoms with van der Waals surface area (Å²) in [6, 6.07) is 0. The predicted molar refractivity (Wildman–Crippen MR) is 67.9 cm³/mol. The van der Waals surface area contributed by atoms with Crippen molar-refractivity contribution in [1.82, 2.24) is 9.80 Å². The Morgan fingerprint density at radius 2 is 1.69 bits per heavy atom. The number of hydrogen-bond acceptors (Lipinski definition) is 2. The number of aliphatic imine (C=N–C) groups is 1. The zero-order chi connectivity index (χ0) is 12.3. The minimum Gasteiger partial charge on any atom is -0.387 e. The minimum atomic E-state index is 0.210. The van der Waals surface area contributed by atoms with Crippen LogP contribution in [0.1, 0.15) is 27.7 Å². The van der Waals surface area contributed by atoms with E-state index >= 15 is 0 Å². The third-order valence-electron chi connectivity index (χ3n) is 2.81. The highest BCUT2D eigenvalue weighted by molar-refractivity contribution is 5.92. The maximum atomic E-state index is 7.78. The van der Waals surface area contributed by atoms with Crippen LogP contribution < -0.4 is 5.73 Å². The third-order valence-corrected chi connectivity index (χ3v) is 2.81. The zero-order valence-corrected chi connectivity index (χ0v) is 10.7. The van der Waals surface area contributed by atoms with Gasteiger partial charge in [-0.25, -0.2) is 4.99 Å². The Hall–Kier alpha value is -1.10. The first kappa shape index (κ1) is 13.0. The van der Waals surface area contributed by atoms with E-state index in [0.717, 1.165) is 26.2 Å². The van der Waals surface area contributed by atoms with Crippen molar-refractivity contribution in [2.24, 2.45) is 10.7 Å². The van der Waals surface area contributed by atoms with Crippen LogP contribution in [0, 0.1) is 5.41 Å². The molecule has 1 rings (SSSR count). The molecule has 0 atom stereocenters. The summed E-state index contributed by atoms with van der Waals surface area (Å²) >= 11 is 0. The zero-order valence-electron chi connectivity index (χ0n) is 10.7. The maximum Gasteiger partial charge on any atom is 0.219 e. The molecule has 92 valence electrons. The lowest BCUT2D eigenvalue weighted by Gasteiger charge is -2.42. The van der Waals surface area contributed by atoms with Gasteiger partial charge in [-0.2, -0.15) is 0 Å². The molecule has 0 spiro atoms. The summed E-state index contributed by atoms with van der Waals surface area (Å²) in [4.78, 5) is 8.37. The Morgan fingerprint density at radius 3 is 2.06 bits per heavy atom. The molecule has 1 aliphatic heterocycles. The van der Waals surface area contributed by atoms with Gasteiger partial charge in [0.05, 0.1) is 5.84 Å². The van der Waals surface area contributed by atoms with Gasteiger partial charge in [-0.1, -0.05) is 0 Å². The Bertz CT molecular complexity index is 277. The van der Waals surface area contributed by atoms with Gasteiger partial charge in [0.15, 0.2) is 0 Å². The van der Waals surface area contributed by atoms with Crippen molar-refractivity contribution in [3.05, 3.63) is 0 Å². The quantitative estimate of drug-likeness (QED) is 0.471. The monoisotopic (exact) mass is 225 g/mol. The van der Waals surface area contributed by atoms with Gasteiger partial charge in [-0.05, 0) is 27.7 Å². The molecule has 0 radical (unpaired) electrons. The minimum absolute atomic E-state index is 0.210. The van der Waals surface area contributed by atoms with Crippen molar-refractivity contribution in [3.8, 4) is 0 Å². The summed E-state index contributed by atoms with van der Waals surface area (Å²) in [7, 11) is 0. The van der Waals surface area contributed by atoms with E-state index in [1.807, 2.05) is 4.90 Å². The van der Waals surface area contributed by atoms with Crippen LogP contribution in [0.3, 0.4) is 0 Å². The number of rotatable bonds is 0. The van der Waals surface area contributed by atoms with E-state index in [2.05, 4.69) is 30.7 Å². The third kappa shape index (κ3) is 3.48. The fourth-order valence-electron chi connectivity index (χ4n) is 1.83. The van der Waals surface area contributed by atoms with Crippen LogP contribution in [0.5, 0.6) is 0 Å². The highest BCUT2D eigenvalue weighted by Crippen LogP contribution is 2.15. The highest BCUT2D eigenvalue weighted by atomic mass is 15.3. The van der Waals surface area contributed by atoms with Crippen LogP contribution in [-0.4, -0.2) is 53.3 Å². The van der Waals surface area contributed by atoms with Crippen LogP contribution in [0.15, 0.2) is 4.99 Å². The highest BCUT2D eigenvalue weighted by Gasteiger charge is 2.26. The van der Waals surface area contributed by atoms with E-state index in [4.69, 9.17) is 11.1 Å². The van der Waals surface area contributed by atoms with Gasteiger partial charge in [0, 0.05) is 31.7 Å². The number of nitrogens with one attached hydrogen (secondary N) is 1. The molecule has 1 heterocycles. The molecular formula is C11H23N5. The van der Waals surface area contributed by atoms with E-state index in [1.54, 1.807) is 6.92 Å².